The molecule has 1 N–H and O–H groups in total. The molecule has 2 aliphatic heterocycles. The molecule has 0 bridgehead atoms. The molecule has 8 nitrogen and oxygen atoms in total. The van der Waals surface area contributed by atoms with E-state index in [1.165, 1.54) is 23.1 Å². The molecule has 2 amide bonds. The Balaban J connectivity index is 1.77. The first-order chi connectivity index (χ1) is 17.3. The number of hydrogen-bond acceptors (Lipinski definition) is 6. The maximum absolute atomic E-state index is 14.0. The van der Waals surface area contributed by atoms with Gasteiger partial charge in [0.25, 0.3) is 0 Å². The third-order valence-electron chi connectivity index (χ3n) is 6.26. The highest BCUT2D eigenvalue weighted by Crippen LogP contribution is 2.38. The molecule has 0 aromatic heterocycles. The molecule has 3 unspecified atom stereocenters. The monoisotopic (exact) mass is 588 g/mol. The van der Waals surface area contributed by atoms with Crippen molar-refractivity contribution in [3.63, 3.8) is 0 Å². The molecule has 0 saturated carbocycles. The number of fused-ring (bicyclic) bond motifs is 1. The van der Waals surface area contributed by atoms with Crippen molar-refractivity contribution in [1.29, 1.82) is 0 Å². The molecule has 0 radical (unpaired) electrons. The van der Waals surface area contributed by atoms with Gasteiger partial charge in [-0.05, 0) is 61.7 Å². The van der Waals surface area contributed by atoms with Crippen molar-refractivity contribution in [2.45, 2.75) is 49.5 Å². The highest BCUT2D eigenvalue weighted by Gasteiger charge is 2.51. The summed E-state index contributed by atoms with van der Waals surface area (Å²) >= 11 is 13.5. The fourth-order valence-electron chi connectivity index (χ4n) is 4.57. The van der Waals surface area contributed by atoms with Gasteiger partial charge in [-0.1, -0.05) is 35.3 Å². The normalized spacial score (nSPS) is 23.1. The highest BCUT2D eigenvalue weighted by molar-refractivity contribution is 7.97. The molecule has 37 heavy (non-hydrogen) atoms. The van der Waals surface area contributed by atoms with Crippen molar-refractivity contribution in [2.24, 2.45) is 0 Å². The van der Waals surface area contributed by atoms with Crippen LogP contribution >= 0.6 is 35.1 Å². The van der Waals surface area contributed by atoms with Crippen LogP contribution in [0.4, 0.5) is 4.39 Å². The summed E-state index contributed by atoms with van der Waals surface area (Å²) in [6.45, 7) is 3.99. The van der Waals surface area contributed by atoms with Crippen LogP contribution in [0.5, 0.6) is 0 Å². The summed E-state index contributed by atoms with van der Waals surface area (Å²) < 4.78 is 42.5. The van der Waals surface area contributed by atoms with Gasteiger partial charge in [-0.15, -0.1) is 0 Å². The van der Waals surface area contributed by atoms with E-state index < -0.39 is 40.0 Å². The fourth-order valence-corrected chi connectivity index (χ4v) is 6.70. The molecule has 13 heteroatoms. The number of benzene rings is 2. The lowest BCUT2D eigenvalue weighted by Gasteiger charge is -2.54. The van der Waals surface area contributed by atoms with Gasteiger partial charge in [0.15, 0.2) is 0 Å². The maximum atomic E-state index is 14.0. The van der Waals surface area contributed by atoms with Crippen molar-refractivity contribution in [1.82, 2.24) is 18.8 Å². The van der Waals surface area contributed by atoms with Crippen LogP contribution in [0.15, 0.2) is 47.4 Å². The number of carbonyl (C=O) groups is 2. The number of rotatable bonds is 7. The molecular formula is C24H27Cl2FN4O4S2. The first-order valence-electron chi connectivity index (χ1n) is 11.6. The zero-order valence-electron chi connectivity index (χ0n) is 20.4. The molecule has 4 rings (SSSR count). The lowest BCUT2D eigenvalue weighted by molar-refractivity contribution is -0.167. The molecule has 2 aromatic rings. The molecule has 2 aliphatic rings. The van der Waals surface area contributed by atoms with Gasteiger partial charge in [-0.3, -0.25) is 9.59 Å². The standard InChI is InChI=1S/C24H27Cl2FN4O4S2/c1-14(2)29-13-22-30(36-21-11-17(27)8-9-18(21)26)12-19(28-37(3,34)35)23(32)31(22)20(24(29)33)10-15-4-6-16(25)7-5-15/h4-9,11,14,19-20,22,28H,10,12-13H2,1-3H3. The van der Waals surface area contributed by atoms with Crippen LogP contribution in [-0.4, -0.2) is 78.0 Å². The Labute approximate surface area is 230 Å². The summed E-state index contributed by atoms with van der Waals surface area (Å²) in [6, 6.07) is 8.80. The van der Waals surface area contributed by atoms with E-state index in [2.05, 4.69) is 4.72 Å². The number of nitrogens with zero attached hydrogens (tertiary/aromatic N) is 3. The molecule has 2 heterocycles. The van der Waals surface area contributed by atoms with Gasteiger partial charge < -0.3 is 9.80 Å². The number of nitrogens with one attached hydrogen (secondary N) is 1. The van der Waals surface area contributed by atoms with E-state index in [0.29, 0.717) is 14.9 Å². The molecular weight excluding hydrogens is 562 g/mol. The average molecular weight is 590 g/mol. The zero-order chi connectivity index (χ0) is 27.1. The molecule has 2 fully saturated rings. The molecule has 0 spiro atoms. The second-order valence-corrected chi connectivity index (χ2v) is 13.1. The Hall–Kier alpha value is -1.89. The Morgan fingerprint density at radius 3 is 2.38 bits per heavy atom. The number of hydrogen-bond donors (Lipinski definition) is 1. The minimum absolute atomic E-state index is 0.00162. The van der Waals surface area contributed by atoms with Crippen LogP contribution in [0.2, 0.25) is 10.0 Å². The summed E-state index contributed by atoms with van der Waals surface area (Å²) in [5.74, 6) is -1.21. The first-order valence-corrected chi connectivity index (χ1v) is 15.0. The largest absolute Gasteiger partial charge is 0.335 e. The minimum Gasteiger partial charge on any atom is -0.335 e. The number of sulfonamides is 1. The Kier molecular flexibility index (Phi) is 8.42. The predicted molar refractivity (Wildman–Crippen MR) is 142 cm³/mol. The van der Waals surface area contributed by atoms with Gasteiger partial charge in [0.2, 0.25) is 21.8 Å². The van der Waals surface area contributed by atoms with E-state index >= 15 is 0 Å². The van der Waals surface area contributed by atoms with Crippen LogP contribution in [0.3, 0.4) is 0 Å². The van der Waals surface area contributed by atoms with Crippen molar-refractivity contribution in [2.75, 3.05) is 19.3 Å². The van der Waals surface area contributed by atoms with Gasteiger partial charge in [0.05, 0.1) is 17.8 Å². The molecule has 0 aliphatic carbocycles. The number of piperazine rings is 1. The zero-order valence-corrected chi connectivity index (χ0v) is 23.5. The summed E-state index contributed by atoms with van der Waals surface area (Å²) in [4.78, 5) is 31.0. The Morgan fingerprint density at radius 1 is 1.08 bits per heavy atom. The highest BCUT2D eigenvalue weighted by atomic mass is 35.5. The average Bonchev–Trinajstić information content (AvgIpc) is 2.80. The van der Waals surface area contributed by atoms with E-state index in [1.54, 1.807) is 33.5 Å². The van der Waals surface area contributed by atoms with Gasteiger partial charge in [-0.25, -0.2) is 21.8 Å². The van der Waals surface area contributed by atoms with Crippen molar-refractivity contribution in [3.8, 4) is 0 Å². The van der Waals surface area contributed by atoms with Gasteiger partial charge in [0.1, 0.15) is 24.1 Å². The quantitative estimate of drug-likeness (QED) is 0.499. The van der Waals surface area contributed by atoms with Crippen molar-refractivity contribution in [3.05, 3.63) is 63.9 Å². The number of carbonyl (C=O) groups excluding carboxylic acids is 2. The van der Waals surface area contributed by atoms with Gasteiger partial charge in [0, 0.05) is 28.9 Å². The van der Waals surface area contributed by atoms with Crippen LogP contribution < -0.4 is 4.72 Å². The number of halogens is 3. The SMILES string of the molecule is CC(C)N1CC2N(Sc3cc(F)ccc3Cl)CC(NS(C)(=O)=O)C(=O)N2C(Cc2ccc(Cl)cc2)C1=O. The van der Waals surface area contributed by atoms with Crippen LogP contribution in [0.1, 0.15) is 19.4 Å². The summed E-state index contributed by atoms with van der Waals surface area (Å²) in [7, 11) is -3.75. The van der Waals surface area contributed by atoms with Crippen molar-refractivity contribution >= 4 is 57.0 Å². The van der Waals surface area contributed by atoms with Crippen molar-refractivity contribution < 1.29 is 22.4 Å². The Bertz CT molecular complexity index is 1300. The minimum atomic E-state index is -3.75. The van der Waals surface area contributed by atoms with E-state index in [1.807, 2.05) is 13.8 Å². The topological polar surface area (TPSA) is 90.0 Å². The Morgan fingerprint density at radius 2 is 1.76 bits per heavy atom. The van der Waals surface area contributed by atoms with E-state index in [4.69, 9.17) is 23.2 Å². The second-order valence-electron chi connectivity index (χ2n) is 9.37. The van der Waals surface area contributed by atoms with Gasteiger partial charge in [-0.2, -0.15) is 0 Å². The summed E-state index contributed by atoms with van der Waals surface area (Å²) in [6.07, 6.45) is 0.582. The third-order valence-corrected chi connectivity index (χ3v) is 8.83. The maximum Gasteiger partial charge on any atom is 0.246 e. The fraction of sp³-hybridized carbons (Fsp3) is 0.417. The molecule has 3 atom stereocenters. The van der Waals surface area contributed by atoms with E-state index in [9.17, 15) is 22.4 Å². The lowest BCUT2D eigenvalue weighted by atomic mass is 9.96. The molecule has 2 saturated heterocycles. The van der Waals surface area contributed by atoms with E-state index in [-0.39, 0.29) is 31.5 Å². The second kappa shape index (κ2) is 11.1. The van der Waals surface area contributed by atoms with E-state index in [0.717, 1.165) is 23.8 Å². The van der Waals surface area contributed by atoms with Gasteiger partial charge >= 0.3 is 0 Å². The van der Waals surface area contributed by atoms with Crippen LogP contribution in [0, 0.1) is 5.82 Å². The first kappa shape index (κ1) is 28.1. The summed E-state index contributed by atoms with van der Waals surface area (Å²) in [5, 5.41) is 0.856. The predicted octanol–water partition coefficient (Wildman–Crippen LogP) is 3.39. The van der Waals surface area contributed by atoms with Crippen LogP contribution in [0.25, 0.3) is 0 Å². The third kappa shape index (κ3) is 6.40. The molecule has 200 valence electrons. The lowest BCUT2D eigenvalue weighted by Crippen LogP contribution is -2.74. The summed E-state index contributed by atoms with van der Waals surface area (Å²) in [5.41, 5.74) is 0.797. The molecule has 2 aromatic carbocycles. The number of amides is 2. The van der Waals surface area contributed by atoms with Crippen LogP contribution in [-0.2, 0) is 26.0 Å². The smallest absolute Gasteiger partial charge is 0.246 e.